The predicted molar refractivity (Wildman–Crippen MR) is 82.7 cm³/mol. The minimum absolute atomic E-state index is 0.0510. The van der Waals surface area contributed by atoms with E-state index in [-0.39, 0.29) is 6.04 Å². The Morgan fingerprint density at radius 2 is 1.90 bits per heavy atom. The average Bonchev–Trinajstić information content (AvgIpc) is 2.35. The molecule has 1 aromatic carbocycles. The maximum absolute atomic E-state index is 11.2. The summed E-state index contributed by atoms with van der Waals surface area (Å²) in [5.74, 6) is 0. The van der Waals surface area contributed by atoms with Crippen LogP contribution in [0.25, 0.3) is 0 Å². The molecule has 4 nitrogen and oxygen atoms in total. The van der Waals surface area contributed by atoms with Crippen molar-refractivity contribution in [2.75, 3.05) is 19.3 Å². The maximum Gasteiger partial charge on any atom is 0.208 e. The van der Waals surface area contributed by atoms with Crippen LogP contribution < -0.4 is 4.72 Å². The molecule has 7 heteroatoms. The van der Waals surface area contributed by atoms with Gasteiger partial charge in [0.15, 0.2) is 0 Å². The smallest absolute Gasteiger partial charge is 0.208 e. The highest BCUT2D eigenvalue weighted by atomic mass is 35.5. The van der Waals surface area contributed by atoms with Gasteiger partial charge >= 0.3 is 0 Å². The number of nitrogens with one attached hydrogen (secondary N) is 1. The van der Waals surface area contributed by atoms with Gasteiger partial charge in [0.2, 0.25) is 10.0 Å². The molecule has 2 rings (SSSR count). The Kier molecular flexibility index (Phi) is 5.31. The summed E-state index contributed by atoms with van der Waals surface area (Å²) in [6.45, 7) is 2.54. The molecule has 1 saturated heterocycles. The number of benzene rings is 1. The van der Waals surface area contributed by atoms with Crippen LogP contribution in [0, 0.1) is 0 Å². The van der Waals surface area contributed by atoms with Gasteiger partial charge in [-0.05, 0) is 30.5 Å². The Balaban J connectivity index is 1.86. The van der Waals surface area contributed by atoms with Crippen molar-refractivity contribution in [2.24, 2.45) is 0 Å². The number of hydrogen-bond acceptors (Lipinski definition) is 3. The Bertz CT molecular complexity index is 570. The highest BCUT2D eigenvalue weighted by Gasteiger charge is 2.21. The third kappa shape index (κ3) is 4.90. The van der Waals surface area contributed by atoms with Crippen molar-refractivity contribution >= 4 is 33.2 Å². The van der Waals surface area contributed by atoms with E-state index in [1.807, 2.05) is 12.1 Å². The second-order valence-electron chi connectivity index (χ2n) is 5.19. The maximum atomic E-state index is 11.2. The Morgan fingerprint density at radius 3 is 2.45 bits per heavy atom. The summed E-state index contributed by atoms with van der Waals surface area (Å²) >= 11 is 11.9. The van der Waals surface area contributed by atoms with E-state index < -0.39 is 10.0 Å². The fraction of sp³-hybridized carbons (Fsp3) is 0.538. The van der Waals surface area contributed by atoms with E-state index in [1.165, 1.54) is 6.26 Å². The predicted octanol–water partition coefficient (Wildman–Crippen LogP) is 2.51. The summed E-state index contributed by atoms with van der Waals surface area (Å²) in [6.07, 6.45) is 2.86. The molecule has 0 aliphatic carbocycles. The molecule has 0 unspecified atom stereocenters. The highest BCUT2D eigenvalue weighted by Crippen LogP contribution is 2.24. The standard InChI is InChI=1S/C13H18Cl2N2O2S/c1-20(18,19)16-11-4-6-17(7-5-11)9-10-2-3-12(14)13(15)8-10/h2-3,8,11,16H,4-7,9H2,1H3. The molecule has 20 heavy (non-hydrogen) atoms. The molecular formula is C13H18Cl2N2O2S. The van der Waals surface area contributed by atoms with E-state index in [0.717, 1.165) is 38.0 Å². The van der Waals surface area contributed by atoms with Crippen LogP contribution in [0.3, 0.4) is 0 Å². The largest absolute Gasteiger partial charge is 0.299 e. The van der Waals surface area contributed by atoms with Crippen LogP contribution in [0.5, 0.6) is 0 Å². The van der Waals surface area contributed by atoms with Crippen molar-refractivity contribution in [1.29, 1.82) is 0 Å². The van der Waals surface area contributed by atoms with Crippen molar-refractivity contribution in [3.63, 3.8) is 0 Å². The van der Waals surface area contributed by atoms with E-state index in [0.29, 0.717) is 10.0 Å². The highest BCUT2D eigenvalue weighted by molar-refractivity contribution is 7.88. The molecule has 0 atom stereocenters. The van der Waals surface area contributed by atoms with Crippen molar-refractivity contribution in [3.8, 4) is 0 Å². The average molecular weight is 337 g/mol. The first kappa shape index (κ1) is 16.0. The summed E-state index contributed by atoms with van der Waals surface area (Å²) in [6, 6.07) is 5.70. The molecule has 1 aromatic rings. The van der Waals surface area contributed by atoms with E-state index in [1.54, 1.807) is 6.07 Å². The zero-order valence-corrected chi connectivity index (χ0v) is 13.6. The zero-order valence-electron chi connectivity index (χ0n) is 11.3. The Labute approximate surface area is 130 Å². The van der Waals surface area contributed by atoms with Gasteiger partial charge in [-0.15, -0.1) is 0 Å². The quantitative estimate of drug-likeness (QED) is 0.918. The van der Waals surface area contributed by atoms with Crippen molar-refractivity contribution in [3.05, 3.63) is 33.8 Å². The number of piperidine rings is 1. The molecule has 0 amide bonds. The first-order valence-electron chi connectivity index (χ1n) is 6.47. The number of rotatable bonds is 4. The molecule has 1 N–H and O–H groups in total. The zero-order chi connectivity index (χ0) is 14.8. The third-order valence-electron chi connectivity index (χ3n) is 3.36. The topological polar surface area (TPSA) is 49.4 Å². The van der Waals surface area contributed by atoms with Crippen LogP contribution in [0.2, 0.25) is 10.0 Å². The summed E-state index contributed by atoms with van der Waals surface area (Å²) in [4.78, 5) is 2.29. The molecular weight excluding hydrogens is 319 g/mol. The summed E-state index contributed by atoms with van der Waals surface area (Å²) in [5.41, 5.74) is 1.12. The van der Waals surface area contributed by atoms with Gasteiger partial charge in [-0.3, -0.25) is 4.90 Å². The molecule has 1 aliphatic heterocycles. The first-order valence-corrected chi connectivity index (χ1v) is 9.12. The minimum atomic E-state index is -3.11. The van der Waals surface area contributed by atoms with Crippen LogP contribution in [-0.4, -0.2) is 38.7 Å². The van der Waals surface area contributed by atoms with Gasteiger partial charge in [0.05, 0.1) is 16.3 Å². The lowest BCUT2D eigenvalue weighted by Gasteiger charge is -2.32. The number of nitrogens with zero attached hydrogens (tertiary/aromatic N) is 1. The van der Waals surface area contributed by atoms with Crippen LogP contribution in [-0.2, 0) is 16.6 Å². The van der Waals surface area contributed by atoms with Crippen molar-refractivity contribution in [2.45, 2.75) is 25.4 Å². The summed E-state index contributed by atoms with van der Waals surface area (Å²) in [5, 5.41) is 1.13. The lowest BCUT2D eigenvalue weighted by molar-refractivity contribution is 0.200. The summed E-state index contributed by atoms with van der Waals surface area (Å²) < 4.78 is 25.0. The number of sulfonamides is 1. The minimum Gasteiger partial charge on any atom is -0.299 e. The van der Waals surface area contributed by atoms with E-state index in [9.17, 15) is 8.42 Å². The monoisotopic (exact) mass is 336 g/mol. The molecule has 0 saturated carbocycles. The SMILES string of the molecule is CS(=O)(=O)NC1CCN(Cc2ccc(Cl)c(Cl)c2)CC1. The fourth-order valence-corrected chi connectivity index (χ4v) is 3.57. The molecule has 1 aliphatic rings. The van der Waals surface area contributed by atoms with Gasteiger partial charge < -0.3 is 0 Å². The van der Waals surface area contributed by atoms with Crippen LogP contribution in [0.4, 0.5) is 0 Å². The van der Waals surface area contributed by atoms with Gasteiger partial charge in [0.25, 0.3) is 0 Å². The number of halogens is 2. The van der Waals surface area contributed by atoms with Gasteiger partial charge in [-0.2, -0.15) is 0 Å². The van der Waals surface area contributed by atoms with Crippen LogP contribution >= 0.6 is 23.2 Å². The first-order chi connectivity index (χ1) is 9.33. The third-order valence-corrected chi connectivity index (χ3v) is 4.86. The van der Waals surface area contributed by atoms with Crippen molar-refractivity contribution in [1.82, 2.24) is 9.62 Å². The van der Waals surface area contributed by atoms with E-state index in [4.69, 9.17) is 23.2 Å². The van der Waals surface area contributed by atoms with Gasteiger partial charge in [0.1, 0.15) is 0 Å². The van der Waals surface area contributed by atoms with E-state index >= 15 is 0 Å². The fourth-order valence-electron chi connectivity index (χ4n) is 2.41. The van der Waals surface area contributed by atoms with Crippen LogP contribution in [0.15, 0.2) is 18.2 Å². The Morgan fingerprint density at radius 1 is 1.25 bits per heavy atom. The molecule has 0 aromatic heterocycles. The Hall–Kier alpha value is -0.330. The molecule has 112 valence electrons. The summed E-state index contributed by atoms with van der Waals surface area (Å²) in [7, 11) is -3.11. The second kappa shape index (κ2) is 6.62. The van der Waals surface area contributed by atoms with Crippen LogP contribution in [0.1, 0.15) is 18.4 Å². The van der Waals surface area contributed by atoms with Crippen molar-refractivity contribution < 1.29 is 8.42 Å². The molecule has 0 radical (unpaired) electrons. The molecule has 1 heterocycles. The van der Waals surface area contributed by atoms with Gasteiger partial charge in [0, 0.05) is 25.7 Å². The lowest BCUT2D eigenvalue weighted by Crippen LogP contribution is -2.43. The van der Waals surface area contributed by atoms with E-state index in [2.05, 4.69) is 9.62 Å². The van der Waals surface area contributed by atoms with Gasteiger partial charge in [-0.25, -0.2) is 13.1 Å². The number of likely N-dealkylation sites (tertiary alicyclic amines) is 1. The lowest BCUT2D eigenvalue weighted by atomic mass is 10.1. The molecule has 0 spiro atoms. The normalized spacial score (nSPS) is 18.4. The molecule has 0 bridgehead atoms. The number of hydrogen-bond donors (Lipinski definition) is 1. The second-order valence-corrected chi connectivity index (χ2v) is 7.78. The van der Waals surface area contributed by atoms with Gasteiger partial charge in [-0.1, -0.05) is 29.3 Å². The molecule has 1 fully saturated rings.